The predicted molar refractivity (Wildman–Crippen MR) is 117 cm³/mol. The standard InChI is InChI=1S/C21H21N5O4S/c1-13(14-2-4-17-18(10-14)31-21(28)24-17)16-6-7-26(25-16)19-5-3-15(12-23-19)29-8-9-30-20(27)11-22/h2-7,10,12-13H,8-9,11,22H2,1H3,(H,24,28)/t13-/m0/s1. The summed E-state index contributed by atoms with van der Waals surface area (Å²) in [6, 6.07) is 11.5. The molecule has 1 aromatic carbocycles. The average Bonchev–Trinajstić information content (AvgIpc) is 3.42. The summed E-state index contributed by atoms with van der Waals surface area (Å²) < 4.78 is 13.0. The number of fused-ring (bicyclic) bond motifs is 1. The number of H-pyrrole nitrogens is 1. The number of nitrogens with two attached hydrogens (primary N) is 1. The van der Waals surface area contributed by atoms with E-state index in [-0.39, 0.29) is 30.5 Å². The van der Waals surface area contributed by atoms with E-state index in [4.69, 9.17) is 15.2 Å². The second-order valence-electron chi connectivity index (χ2n) is 6.80. The normalized spacial score (nSPS) is 12.1. The second-order valence-corrected chi connectivity index (χ2v) is 7.82. The molecule has 0 aliphatic carbocycles. The van der Waals surface area contributed by atoms with E-state index in [1.54, 1.807) is 23.0 Å². The summed E-state index contributed by atoms with van der Waals surface area (Å²) in [5.74, 6) is 0.804. The predicted octanol–water partition coefficient (Wildman–Crippen LogP) is 2.20. The highest BCUT2D eigenvalue weighted by Gasteiger charge is 2.14. The van der Waals surface area contributed by atoms with Gasteiger partial charge in [0.2, 0.25) is 0 Å². The van der Waals surface area contributed by atoms with E-state index < -0.39 is 5.97 Å². The summed E-state index contributed by atoms with van der Waals surface area (Å²) in [6.07, 6.45) is 3.45. The molecule has 0 aliphatic rings. The van der Waals surface area contributed by atoms with Crippen molar-refractivity contribution in [1.29, 1.82) is 0 Å². The Morgan fingerprint density at radius 2 is 2.13 bits per heavy atom. The Morgan fingerprint density at radius 3 is 2.90 bits per heavy atom. The second kappa shape index (κ2) is 9.11. The van der Waals surface area contributed by atoms with Crippen LogP contribution in [0.25, 0.3) is 16.0 Å². The quantitative estimate of drug-likeness (QED) is 0.318. The van der Waals surface area contributed by atoms with Crippen molar-refractivity contribution < 1.29 is 14.3 Å². The van der Waals surface area contributed by atoms with Crippen LogP contribution in [-0.4, -0.2) is 45.5 Å². The number of ether oxygens (including phenoxy) is 2. The first-order chi connectivity index (χ1) is 15.0. The summed E-state index contributed by atoms with van der Waals surface area (Å²) in [5, 5.41) is 4.65. The van der Waals surface area contributed by atoms with Crippen molar-refractivity contribution in [2.45, 2.75) is 12.8 Å². The number of thiazole rings is 1. The lowest BCUT2D eigenvalue weighted by Crippen LogP contribution is -2.19. The first-order valence-corrected chi connectivity index (χ1v) is 10.5. The van der Waals surface area contributed by atoms with Gasteiger partial charge < -0.3 is 20.2 Å². The minimum absolute atomic E-state index is 0.0563. The zero-order valence-electron chi connectivity index (χ0n) is 16.8. The molecule has 0 radical (unpaired) electrons. The molecular formula is C21H21N5O4S. The number of aromatic amines is 1. The van der Waals surface area contributed by atoms with E-state index in [1.807, 2.05) is 30.5 Å². The molecule has 10 heteroatoms. The molecule has 9 nitrogen and oxygen atoms in total. The van der Waals surface area contributed by atoms with Crippen LogP contribution < -0.4 is 15.3 Å². The summed E-state index contributed by atoms with van der Waals surface area (Å²) in [4.78, 5) is 29.7. The van der Waals surface area contributed by atoms with Crippen LogP contribution in [0.4, 0.5) is 0 Å². The number of esters is 1. The average molecular weight is 439 g/mol. The summed E-state index contributed by atoms with van der Waals surface area (Å²) in [6.45, 7) is 2.27. The lowest BCUT2D eigenvalue weighted by atomic mass is 9.98. The van der Waals surface area contributed by atoms with Gasteiger partial charge in [-0.2, -0.15) is 5.10 Å². The molecule has 0 unspecified atom stereocenters. The SMILES string of the molecule is C[C@@H](c1ccc2[nH]c(=O)sc2c1)c1ccn(-c2ccc(OCCOC(=O)CN)cn2)n1. The molecule has 4 aromatic rings. The zero-order valence-corrected chi connectivity index (χ0v) is 17.6. The van der Waals surface area contributed by atoms with Crippen molar-refractivity contribution in [2.75, 3.05) is 19.8 Å². The number of nitrogens with zero attached hydrogens (tertiary/aromatic N) is 3. The molecule has 0 saturated carbocycles. The van der Waals surface area contributed by atoms with Crippen LogP contribution in [0.2, 0.25) is 0 Å². The fraction of sp³-hybridized carbons (Fsp3) is 0.238. The third kappa shape index (κ3) is 4.81. The number of hydrogen-bond donors (Lipinski definition) is 2. The van der Waals surface area contributed by atoms with E-state index in [1.165, 1.54) is 11.3 Å². The molecule has 0 amide bonds. The van der Waals surface area contributed by atoms with E-state index in [9.17, 15) is 9.59 Å². The molecular weight excluding hydrogens is 418 g/mol. The van der Waals surface area contributed by atoms with E-state index in [2.05, 4.69) is 22.0 Å². The molecule has 4 rings (SSSR count). The Hall–Kier alpha value is -3.50. The van der Waals surface area contributed by atoms with Gasteiger partial charge >= 0.3 is 10.8 Å². The van der Waals surface area contributed by atoms with Crippen molar-refractivity contribution in [3.63, 3.8) is 0 Å². The molecule has 0 fully saturated rings. The minimum Gasteiger partial charge on any atom is -0.488 e. The molecule has 0 bridgehead atoms. The molecule has 3 N–H and O–H groups in total. The Balaban J connectivity index is 1.41. The highest BCUT2D eigenvalue weighted by atomic mass is 32.1. The zero-order chi connectivity index (χ0) is 21.8. The van der Waals surface area contributed by atoms with Gasteiger partial charge in [0.15, 0.2) is 5.82 Å². The van der Waals surface area contributed by atoms with Crippen molar-refractivity contribution in [3.05, 3.63) is 69.7 Å². The fourth-order valence-electron chi connectivity index (χ4n) is 3.07. The van der Waals surface area contributed by atoms with Crippen LogP contribution in [0.5, 0.6) is 5.75 Å². The Kier molecular flexibility index (Phi) is 6.10. The van der Waals surface area contributed by atoms with Gasteiger partial charge in [-0.1, -0.05) is 24.3 Å². The summed E-state index contributed by atoms with van der Waals surface area (Å²) in [5.41, 5.74) is 7.99. The van der Waals surface area contributed by atoms with Gasteiger partial charge in [-0.3, -0.25) is 9.59 Å². The molecule has 31 heavy (non-hydrogen) atoms. The molecule has 3 aromatic heterocycles. The third-order valence-corrected chi connectivity index (χ3v) is 5.58. The van der Waals surface area contributed by atoms with Gasteiger partial charge in [0.05, 0.1) is 28.7 Å². The van der Waals surface area contributed by atoms with Crippen molar-refractivity contribution >= 4 is 27.5 Å². The van der Waals surface area contributed by atoms with Gasteiger partial charge in [0.25, 0.3) is 0 Å². The van der Waals surface area contributed by atoms with Crippen LogP contribution in [-0.2, 0) is 9.53 Å². The Bertz CT molecular complexity index is 1240. The smallest absolute Gasteiger partial charge is 0.319 e. The lowest BCUT2D eigenvalue weighted by molar-refractivity contribution is -0.142. The van der Waals surface area contributed by atoms with Crippen LogP contribution in [0, 0.1) is 0 Å². The van der Waals surface area contributed by atoms with E-state index in [0.29, 0.717) is 11.6 Å². The van der Waals surface area contributed by atoms with Crippen LogP contribution >= 0.6 is 11.3 Å². The number of aromatic nitrogens is 4. The van der Waals surface area contributed by atoms with Gasteiger partial charge in [-0.15, -0.1) is 0 Å². The number of carbonyl (C=O) groups excluding carboxylic acids is 1. The van der Waals surface area contributed by atoms with E-state index in [0.717, 1.165) is 21.5 Å². The number of pyridine rings is 1. The molecule has 3 heterocycles. The van der Waals surface area contributed by atoms with Crippen LogP contribution in [0.3, 0.4) is 0 Å². The minimum atomic E-state index is -0.468. The monoisotopic (exact) mass is 439 g/mol. The van der Waals surface area contributed by atoms with Crippen molar-refractivity contribution in [3.8, 4) is 11.6 Å². The molecule has 160 valence electrons. The highest BCUT2D eigenvalue weighted by molar-refractivity contribution is 7.16. The number of nitrogens with one attached hydrogen (secondary N) is 1. The van der Waals surface area contributed by atoms with Crippen LogP contribution in [0.1, 0.15) is 24.1 Å². The molecule has 1 atom stereocenters. The summed E-state index contributed by atoms with van der Waals surface area (Å²) >= 11 is 1.20. The van der Waals surface area contributed by atoms with Crippen LogP contribution in [0.15, 0.2) is 53.6 Å². The maximum Gasteiger partial charge on any atom is 0.319 e. The Labute approximate surface area is 181 Å². The maximum absolute atomic E-state index is 11.5. The molecule has 0 aliphatic heterocycles. The Morgan fingerprint density at radius 1 is 1.26 bits per heavy atom. The number of carbonyl (C=O) groups is 1. The number of benzene rings is 1. The van der Waals surface area contributed by atoms with Crippen molar-refractivity contribution in [1.82, 2.24) is 19.7 Å². The molecule has 0 saturated heterocycles. The van der Waals surface area contributed by atoms with Gasteiger partial charge in [-0.25, -0.2) is 9.67 Å². The van der Waals surface area contributed by atoms with E-state index >= 15 is 0 Å². The highest BCUT2D eigenvalue weighted by Crippen LogP contribution is 2.27. The topological polar surface area (TPSA) is 125 Å². The number of hydrogen-bond acceptors (Lipinski definition) is 8. The summed E-state index contributed by atoms with van der Waals surface area (Å²) in [7, 11) is 0. The lowest BCUT2D eigenvalue weighted by Gasteiger charge is -2.09. The number of rotatable bonds is 8. The largest absolute Gasteiger partial charge is 0.488 e. The van der Waals surface area contributed by atoms with Gasteiger partial charge in [-0.05, 0) is 35.9 Å². The van der Waals surface area contributed by atoms with Gasteiger partial charge in [0.1, 0.15) is 19.0 Å². The maximum atomic E-state index is 11.5. The van der Waals surface area contributed by atoms with Crippen molar-refractivity contribution in [2.24, 2.45) is 5.73 Å². The first-order valence-electron chi connectivity index (χ1n) is 9.67. The fourth-order valence-corrected chi connectivity index (χ4v) is 3.85. The molecule has 0 spiro atoms. The first kappa shape index (κ1) is 20.8. The third-order valence-electron chi connectivity index (χ3n) is 4.74. The van der Waals surface area contributed by atoms with Gasteiger partial charge in [0, 0.05) is 12.1 Å².